The fourth-order valence-electron chi connectivity index (χ4n) is 1.57. The zero-order chi connectivity index (χ0) is 12.4. The average Bonchev–Trinajstić information content (AvgIpc) is 2.32. The molecule has 2 aromatic carbocycles. The Morgan fingerprint density at radius 2 is 1.47 bits per heavy atom. The van der Waals surface area contributed by atoms with E-state index >= 15 is 0 Å². The third-order valence-electron chi connectivity index (χ3n) is 2.47. The van der Waals surface area contributed by atoms with Crippen LogP contribution in [0.1, 0.15) is 17.2 Å². The predicted molar refractivity (Wildman–Crippen MR) is 68.6 cm³/mol. The van der Waals surface area contributed by atoms with Crippen molar-refractivity contribution in [2.75, 3.05) is 0 Å². The highest BCUT2D eigenvalue weighted by Crippen LogP contribution is 2.31. The van der Waals surface area contributed by atoms with Crippen LogP contribution in [-0.4, -0.2) is 10.2 Å². The summed E-state index contributed by atoms with van der Waals surface area (Å²) in [5.41, 5.74) is 1.02. The van der Waals surface area contributed by atoms with Crippen molar-refractivity contribution in [3.8, 4) is 5.75 Å². The van der Waals surface area contributed by atoms with E-state index in [0.717, 1.165) is 0 Å². The zero-order valence-corrected chi connectivity index (χ0v) is 10.3. The molecule has 0 amide bonds. The molecule has 2 aromatic rings. The molecular formula is C13H10Cl2O2. The number of aliphatic hydroxyl groups is 1. The quantitative estimate of drug-likeness (QED) is 0.870. The third kappa shape index (κ3) is 2.72. The van der Waals surface area contributed by atoms with E-state index in [-0.39, 0.29) is 5.75 Å². The number of halogens is 2. The van der Waals surface area contributed by atoms with Crippen LogP contribution in [0.3, 0.4) is 0 Å². The van der Waals surface area contributed by atoms with Crippen molar-refractivity contribution >= 4 is 23.2 Å². The van der Waals surface area contributed by atoms with Crippen molar-refractivity contribution in [3.63, 3.8) is 0 Å². The number of hydrogen-bond donors (Lipinski definition) is 2. The van der Waals surface area contributed by atoms with Crippen molar-refractivity contribution in [1.29, 1.82) is 0 Å². The molecule has 0 aliphatic heterocycles. The van der Waals surface area contributed by atoms with Crippen LogP contribution in [0.25, 0.3) is 0 Å². The van der Waals surface area contributed by atoms with Crippen molar-refractivity contribution in [3.05, 3.63) is 63.6 Å². The van der Waals surface area contributed by atoms with Crippen LogP contribution in [-0.2, 0) is 0 Å². The fraction of sp³-hybridized carbons (Fsp3) is 0.0769. The number of benzene rings is 2. The van der Waals surface area contributed by atoms with E-state index in [1.807, 2.05) is 0 Å². The summed E-state index contributed by atoms with van der Waals surface area (Å²) in [5.74, 6) is 0.0110. The number of hydrogen-bond acceptors (Lipinski definition) is 2. The molecule has 0 radical (unpaired) electrons. The molecule has 2 N–H and O–H groups in total. The molecule has 0 aliphatic rings. The van der Waals surface area contributed by atoms with Crippen LogP contribution in [0.5, 0.6) is 5.75 Å². The normalized spacial score (nSPS) is 12.4. The standard InChI is InChI=1S/C13H10Cl2O2/c14-9-3-1-8(2-4-9)13(17)11-7-10(15)5-6-12(11)16/h1-7,13,16-17H. The monoisotopic (exact) mass is 268 g/mol. The van der Waals surface area contributed by atoms with Gasteiger partial charge in [0, 0.05) is 15.6 Å². The maximum atomic E-state index is 10.1. The lowest BCUT2D eigenvalue weighted by Gasteiger charge is -2.13. The Hall–Kier alpha value is -1.22. The molecule has 4 heteroatoms. The van der Waals surface area contributed by atoms with Crippen LogP contribution in [0.2, 0.25) is 10.0 Å². The first-order valence-electron chi connectivity index (χ1n) is 5.00. The molecule has 1 unspecified atom stereocenters. The van der Waals surface area contributed by atoms with Gasteiger partial charge in [-0.1, -0.05) is 35.3 Å². The minimum absolute atomic E-state index is 0.0110. The summed E-state index contributed by atoms with van der Waals surface area (Å²) in [6, 6.07) is 11.3. The molecule has 2 nitrogen and oxygen atoms in total. The van der Waals surface area contributed by atoms with Crippen LogP contribution < -0.4 is 0 Å². The molecule has 88 valence electrons. The van der Waals surface area contributed by atoms with Gasteiger partial charge in [0.1, 0.15) is 11.9 Å². The summed E-state index contributed by atoms with van der Waals surface area (Å²) >= 11 is 11.6. The molecule has 0 bridgehead atoms. The Morgan fingerprint density at radius 3 is 2.12 bits per heavy atom. The molecule has 2 rings (SSSR count). The first-order chi connectivity index (χ1) is 8.08. The Kier molecular flexibility index (Phi) is 3.57. The summed E-state index contributed by atoms with van der Waals surface area (Å²) in [5, 5.41) is 20.9. The van der Waals surface area contributed by atoms with E-state index < -0.39 is 6.10 Å². The van der Waals surface area contributed by atoms with Gasteiger partial charge in [-0.25, -0.2) is 0 Å². The van der Waals surface area contributed by atoms with Gasteiger partial charge in [0.25, 0.3) is 0 Å². The van der Waals surface area contributed by atoms with E-state index in [4.69, 9.17) is 23.2 Å². The topological polar surface area (TPSA) is 40.5 Å². The van der Waals surface area contributed by atoms with Gasteiger partial charge in [-0.2, -0.15) is 0 Å². The second-order valence-corrected chi connectivity index (χ2v) is 4.53. The van der Waals surface area contributed by atoms with Crippen molar-refractivity contribution in [2.45, 2.75) is 6.10 Å². The highest BCUT2D eigenvalue weighted by molar-refractivity contribution is 6.30. The smallest absolute Gasteiger partial charge is 0.121 e. The number of phenolic OH excluding ortho intramolecular Hbond substituents is 1. The van der Waals surface area contributed by atoms with Gasteiger partial charge in [-0.05, 0) is 35.9 Å². The molecule has 0 fully saturated rings. The molecule has 0 aliphatic carbocycles. The summed E-state index contributed by atoms with van der Waals surface area (Å²) in [7, 11) is 0. The van der Waals surface area contributed by atoms with Gasteiger partial charge < -0.3 is 10.2 Å². The van der Waals surface area contributed by atoms with E-state index in [9.17, 15) is 10.2 Å². The summed E-state index contributed by atoms with van der Waals surface area (Å²) < 4.78 is 0. The number of aliphatic hydroxyl groups excluding tert-OH is 1. The lowest BCUT2D eigenvalue weighted by atomic mass is 10.0. The minimum Gasteiger partial charge on any atom is -0.508 e. The van der Waals surface area contributed by atoms with E-state index in [1.54, 1.807) is 30.3 Å². The third-order valence-corrected chi connectivity index (χ3v) is 2.96. The predicted octanol–water partition coefficient (Wildman–Crippen LogP) is 3.78. The van der Waals surface area contributed by atoms with Crippen LogP contribution in [0.4, 0.5) is 0 Å². The van der Waals surface area contributed by atoms with Gasteiger partial charge >= 0.3 is 0 Å². The molecule has 0 saturated carbocycles. The Bertz CT molecular complexity index is 523. The first kappa shape index (κ1) is 12.2. The van der Waals surface area contributed by atoms with Crippen LogP contribution >= 0.6 is 23.2 Å². The fourth-order valence-corrected chi connectivity index (χ4v) is 1.88. The Labute approximate surface area is 109 Å². The lowest BCUT2D eigenvalue weighted by Crippen LogP contribution is -1.99. The van der Waals surface area contributed by atoms with E-state index in [2.05, 4.69) is 0 Å². The highest BCUT2D eigenvalue weighted by Gasteiger charge is 2.14. The van der Waals surface area contributed by atoms with Crippen LogP contribution in [0, 0.1) is 0 Å². The maximum Gasteiger partial charge on any atom is 0.121 e. The summed E-state index contributed by atoms with van der Waals surface area (Å²) in [4.78, 5) is 0. The van der Waals surface area contributed by atoms with Gasteiger partial charge in [0.2, 0.25) is 0 Å². The molecule has 1 atom stereocenters. The molecule has 0 spiro atoms. The van der Waals surface area contributed by atoms with E-state index in [0.29, 0.717) is 21.2 Å². The molecule has 0 heterocycles. The second-order valence-electron chi connectivity index (χ2n) is 3.66. The van der Waals surface area contributed by atoms with Crippen molar-refractivity contribution < 1.29 is 10.2 Å². The highest BCUT2D eigenvalue weighted by atomic mass is 35.5. The number of rotatable bonds is 2. The van der Waals surface area contributed by atoms with Gasteiger partial charge in [-0.3, -0.25) is 0 Å². The molecule has 17 heavy (non-hydrogen) atoms. The molecule has 0 aromatic heterocycles. The Balaban J connectivity index is 2.39. The second kappa shape index (κ2) is 4.96. The lowest BCUT2D eigenvalue weighted by molar-refractivity contribution is 0.215. The van der Waals surface area contributed by atoms with Gasteiger partial charge in [0.05, 0.1) is 0 Å². The van der Waals surface area contributed by atoms with E-state index in [1.165, 1.54) is 12.1 Å². The maximum absolute atomic E-state index is 10.1. The molecular weight excluding hydrogens is 259 g/mol. The van der Waals surface area contributed by atoms with Gasteiger partial charge in [-0.15, -0.1) is 0 Å². The first-order valence-corrected chi connectivity index (χ1v) is 5.75. The summed E-state index contributed by atoms with van der Waals surface area (Å²) in [6.45, 7) is 0. The number of phenols is 1. The molecule has 0 saturated heterocycles. The largest absolute Gasteiger partial charge is 0.508 e. The Morgan fingerprint density at radius 1 is 0.882 bits per heavy atom. The van der Waals surface area contributed by atoms with Gasteiger partial charge in [0.15, 0.2) is 0 Å². The minimum atomic E-state index is -0.925. The van der Waals surface area contributed by atoms with Crippen molar-refractivity contribution in [1.82, 2.24) is 0 Å². The average molecular weight is 269 g/mol. The zero-order valence-electron chi connectivity index (χ0n) is 8.77. The number of aromatic hydroxyl groups is 1. The van der Waals surface area contributed by atoms with Crippen LogP contribution in [0.15, 0.2) is 42.5 Å². The SMILES string of the molecule is Oc1ccc(Cl)cc1C(O)c1ccc(Cl)cc1. The van der Waals surface area contributed by atoms with Crippen molar-refractivity contribution in [2.24, 2.45) is 0 Å². The summed E-state index contributed by atoms with van der Waals surface area (Å²) in [6.07, 6.45) is -0.925.